The van der Waals surface area contributed by atoms with Crippen LogP contribution in [0, 0.1) is 5.82 Å². The molecule has 1 heterocycles. The number of carbonyl (C=O) groups excluding carboxylic acids is 1. The number of fused-ring (bicyclic) bond motifs is 1. The number of amides is 1. The van der Waals surface area contributed by atoms with Crippen molar-refractivity contribution < 1.29 is 17.6 Å². The van der Waals surface area contributed by atoms with E-state index in [4.69, 9.17) is 0 Å². The Hall–Kier alpha value is -2.81. The predicted octanol–water partition coefficient (Wildman–Crippen LogP) is 3.16. The van der Waals surface area contributed by atoms with Crippen LogP contribution in [-0.2, 0) is 14.8 Å². The van der Waals surface area contributed by atoms with Crippen molar-refractivity contribution in [3.8, 4) is 0 Å². The molecule has 1 aliphatic heterocycles. The van der Waals surface area contributed by atoms with E-state index in [1.54, 1.807) is 24.3 Å². The van der Waals surface area contributed by atoms with Gasteiger partial charge in [0.1, 0.15) is 5.82 Å². The molecule has 1 atom stereocenters. The summed E-state index contributed by atoms with van der Waals surface area (Å²) < 4.78 is 40.7. The average molecular weight is 456 g/mol. The minimum absolute atomic E-state index is 0.146. The molecule has 3 aromatic rings. The van der Waals surface area contributed by atoms with Crippen LogP contribution < -0.4 is 5.32 Å². The Kier molecular flexibility index (Phi) is 6.55. The van der Waals surface area contributed by atoms with E-state index < -0.39 is 10.0 Å². The first-order valence-corrected chi connectivity index (χ1v) is 12.0. The number of hydrogen-bond donors (Lipinski definition) is 1. The molecule has 0 aromatic heterocycles. The highest BCUT2D eigenvalue weighted by molar-refractivity contribution is 7.89. The summed E-state index contributed by atoms with van der Waals surface area (Å²) >= 11 is 0. The number of hydrogen-bond acceptors (Lipinski definition) is 4. The van der Waals surface area contributed by atoms with Gasteiger partial charge in [0.25, 0.3) is 0 Å². The highest BCUT2D eigenvalue weighted by Crippen LogP contribution is 2.23. The van der Waals surface area contributed by atoms with Crippen molar-refractivity contribution in [2.75, 3.05) is 32.7 Å². The van der Waals surface area contributed by atoms with Gasteiger partial charge < -0.3 is 5.32 Å². The molecule has 1 unspecified atom stereocenters. The van der Waals surface area contributed by atoms with Crippen LogP contribution in [-0.4, -0.2) is 56.3 Å². The first-order valence-electron chi connectivity index (χ1n) is 10.6. The minimum Gasteiger partial charge on any atom is -0.348 e. The fourth-order valence-corrected chi connectivity index (χ4v) is 5.39. The molecule has 1 amide bonds. The van der Waals surface area contributed by atoms with Gasteiger partial charge in [0.2, 0.25) is 15.9 Å². The summed E-state index contributed by atoms with van der Waals surface area (Å²) in [7, 11) is -3.59. The monoisotopic (exact) mass is 455 g/mol. The number of sulfonamides is 1. The molecule has 4 rings (SSSR count). The van der Waals surface area contributed by atoms with E-state index in [0.29, 0.717) is 26.2 Å². The van der Waals surface area contributed by atoms with Crippen LogP contribution in [0.3, 0.4) is 0 Å². The Morgan fingerprint density at radius 1 is 0.969 bits per heavy atom. The van der Waals surface area contributed by atoms with E-state index in [2.05, 4.69) is 5.32 Å². The molecule has 0 bridgehead atoms. The molecule has 8 heteroatoms. The fourth-order valence-electron chi connectivity index (χ4n) is 3.93. The normalized spacial score (nSPS) is 16.7. The van der Waals surface area contributed by atoms with Gasteiger partial charge in [-0.3, -0.25) is 9.69 Å². The Morgan fingerprint density at radius 2 is 1.62 bits per heavy atom. The molecule has 1 N–H and O–H groups in total. The van der Waals surface area contributed by atoms with Crippen LogP contribution in [0.1, 0.15) is 18.5 Å². The summed E-state index contributed by atoms with van der Waals surface area (Å²) in [5.41, 5.74) is 0.825. The van der Waals surface area contributed by atoms with Crippen molar-refractivity contribution >= 4 is 26.7 Å². The summed E-state index contributed by atoms with van der Waals surface area (Å²) in [6, 6.07) is 18.6. The minimum atomic E-state index is -3.59. The maximum atomic E-state index is 13.1. The Bertz CT molecular complexity index is 1210. The highest BCUT2D eigenvalue weighted by atomic mass is 32.2. The van der Waals surface area contributed by atoms with Crippen LogP contribution in [0.15, 0.2) is 71.6 Å². The third-order valence-corrected chi connectivity index (χ3v) is 7.70. The number of rotatable bonds is 6. The van der Waals surface area contributed by atoms with Gasteiger partial charge in [0.15, 0.2) is 0 Å². The fraction of sp³-hybridized carbons (Fsp3) is 0.292. The van der Waals surface area contributed by atoms with Gasteiger partial charge >= 0.3 is 0 Å². The summed E-state index contributed by atoms with van der Waals surface area (Å²) in [5.74, 6) is -0.462. The average Bonchev–Trinajstić information content (AvgIpc) is 2.79. The third kappa shape index (κ3) is 4.98. The topological polar surface area (TPSA) is 69.7 Å². The summed E-state index contributed by atoms with van der Waals surface area (Å²) in [4.78, 5) is 14.7. The smallest absolute Gasteiger partial charge is 0.243 e. The summed E-state index contributed by atoms with van der Waals surface area (Å²) in [6.45, 7) is 3.65. The molecule has 0 radical (unpaired) electrons. The van der Waals surface area contributed by atoms with Gasteiger partial charge in [-0.05, 0) is 47.5 Å². The van der Waals surface area contributed by atoms with E-state index >= 15 is 0 Å². The molecule has 32 heavy (non-hydrogen) atoms. The number of benzene rings is 3. The lowest BCUT2D eigenvalue weighted by atomic mass is 10.1. The number of piperazine rings is 1. The zero-order chi connectivity index (χ0) is 22.7. The largest absolute Gasteiger partial charge is 0.348 e. The van der Waals surface area contributed by atoms with Gasteiger partial charge in [0, 0.05) is 26.2 Å². The van der Waals surface area contributed by atoms with Gasteiger partial charge in [-0.25, -0.2) is 12.8 Å². The Morgan fingerprint density at radius 3 is 2.31 bits per heavy atom. The molecule has 6 nitrogen and oxygen atoms in total. The van der Waals surface area contributed by atoms with Gasteiger partial charge in [-0.1, -0.05) is 42.5 Å². The van der Waals surface area contributed by atoms with Crippen molar-refractivity contribution in [3.05, 3.63) is 78.1 Å². The standard InChI is InChI=1S/C24H26FN3O3S/c1-18(19-6-9-22(25)10-7-19)26-24(29)17-27-12-14-28(15-13-27)32(30,31)23-11-8-20-4-2-3-5-21(20)16-23/h2-11,16,18H,12-15,17H2,1H3,(H,26,29). The van der Waals surface area contributed by atoms with E-state index in [1.807, 2.05) is 42.2 Å². The van der Waals surface area contributed by atoms with Crippen molar-refractivity contribution in [3.63, 3.8) is 0 Å². The lowest BCUT2D eigenvalue weighted by molar-refractivity contribution is -0.123. The zero-order valence-corrected chi connectivity index (χ0v) is 18.7. The second-order valence-electron chi connectivity index (χ2n) is 8.03. The molecule has 0 spiro atoms. The predicted molar refractivity (Wildman–Crippen MR) is 122 cm³/mol. The zero-order valence-electron chi connectivity index (χ0n) is 17.9. The molecule has 0 aliphatic carbocycles. The maximum absolute atomic E-state index is 13.1. The first kappa shape index (κ1) is 22.4. The Balaban J connectivity index is 1.33. The van der Waals surface area contributed by atoms with Gasteiger partial charge in [0.05, 0.1) is 17.5 Å². The van der Waals surface area contributed by atoms with E-state index in [9.17, 15) is 17.6 Å². The number of nitrogens with one attached hydrogen (secondary N) is 1. The van der Waals surface area contributed by atoms with E-state index in [1.165, 1.54) is 16.4 Å². The van der Waals surface area contributed by atoms with E-state index in [-0.39, 0.29) is 29.2 Å². The van der Waals surface area contributed by atoms with Crippen LogP contribution in [0.4, 0.5) is 4.39 Å². The van der Waals surface area contributed by atoms with Crippen LogP contribution in [0.5, 0.6) is 0 Å². The first-order chi connectivity index (χ1) is 15.3. The van der Waals surface area contributed by atoms with Crippen molar-refractivity contribution in [2.45, 2.75) is 17.9 Å². The van der Waals surface area contributed by atoms with Gasteiger partial charge in [-0.2, -0.15) is 4.31 Å². The number of carbonyl (C=O) groups is 1. The highest BCUT2D eigenvalue weighted by Gasteiger charge is 2.29. The van der Waals surface area contributed by atoms with Crippen molar-refractivity contribution in [1.29, 1.82) is 0 Å². The molecule has 1 aliphatic rings. The van der Waals surface area contributed by atoms with Gasteiger partial charge in [-0.15, -0.1) is 0 Å². The second-order valence-corrected chi connectivity index (χ2v) is 9.97. The SMILES string of the molecule is CC(NC(=O)CN1CCN(S(=O)(=O)c2ccc3ccccc3c2)CC1)c1ccc(F)cc1. The lowest BCUT2D eigenvalue weighted by Crippen LogP contribution is -2.51. The molecular formula is C24H26FN3O3S. The molecule has 1 fully saturated rings. The quantitative estimate of drug-likeness (QED) is 0.620. The van der Waals surface area contributed by atoms with Crippen LogP contribution in [0.2, 0.25) is 0 Å². The maximum Gasteiger partial charge on any atom is 0.243 e. The number of nitrogens with zero attached hydrogens (tertiary/aromatic N) is 2. The molecule has 1 saturated heterocycles. The van der Waals surface area contributed by atoms with Crippen molar-refractivity contribution in [2.24, 2.45) is 0 Å². The molecule has 168 valence electrons. The molecule has 0 saturated carbocycles. The van der Waals surface area contributed by atoms with Crippen molar-refractivity contribution in [1.82, 2.24) is 14.5 Å². The van der Waals surface area contributed by atoms with Crippen LogP contribution in [0.25, 0.3) is 10.8 Å². The lowest BCUT2D eigenvalue weighted by Gasteiger charge is -2.33. The molecule has 3 aromatic carbocycles. The van der Waals surface area contributed by atoms with E-state index in [0.717, 1.165) is 16.3 Å². The molecular weight excluding hydrogens is 429 g/mol. The summed E-state index contributed by atoms with van der Waals surface area (Å²) in [6.07, 6.45) is 0. The second kappa shape index (κ2) is 9.36. The number of halogens is 1. The summed E-state index contributed by atoms with van der Waals surface area (Å²) in [5, 5.41) is 4.80. The van der Waals surface area contributed by atoms with Crippen LogP contribution >= 0.6 is 0 Å². The third-order valence-electron chi connectivity index (χ3n) is 5.80. The Labute approximate surface area is 187 Å².